The maximum atomic E-state index is 8.70. The smallest absolute Gasteiger partial charge is 0.0991 e. The Morgan fingerprint density at radius 3 is 2.22 bits per heavy atom. The highest BCUT2D eigenvalue weighted by atomic mass is 35.5. The van der Waals surface area contributed by atoms with Crippen LogP contribution in [0.15, 0.2) is 24.3 Å². The van der Waals surface area contributed by atoms with Gasteiger partial charge in [-0.15, -0.1) is 24.8 Å². The molecule has 2 N–H and O–H groups in total. The number of nitriles is 1. The molecule has 18 heavy (non-hydrogen) atoms. The van der Waals surface area contributed by atoms with Crippen LogP contribution in [0.5, 0.6) is 0 Å². The predicted molar refractivity (Wildman–Crippen MR) is 78.1 cm³/mol. The summed E-state index contributed by atoms with van der Waals surface area (Å²) in [5.74, 6) is 0. The van der Waals surface area contributed by atoms with Crippen LogP contribution in [0.4, 0.5) is 0 Å². The second-order valence-electron chi connectivity index (χ2n) is 4.42. The van der Waals surface area contributed by atoms with E-state index in [4.69, 9.17) is 11.0 Å². The van der Waals surface area contributed by atoms with Crippen molar-refractivity contribution in [2.75, 3.05) is 13.1 Å². The molecule has 1 aromatic rings. The molecule has 1 aliphatic heterocycles. The fourth-order valence-electron chi connectivity index (χ4n) is 2.05. The summed E-state index contributed by atoms with van der Waals surface area (Å²) in [5, 5.41) is 8.70. The molecule has 1 aromatic carbocycles. The highest BCUT2D eigenvalue weighted by Gasteiger charge is 2.15. The molecule has 1 saturated heterocycles. The Balaban J connectivity index is 0.00000144. The Labute approximate surface area is 121 Å². The number of benzene rings is 1. The molecule has 0 spiro atoms. The maximum absolute atomic E-state index is 8.70. The average molecular weight is 288 g/mol. The van der Waals surface area contributed by atoms with E-state index >= 15 is 0 Å². The van der Waals surface area contributed by atoms with Crippen molar-refractivity contribution >= 4 is 24.8 Å². The molecule has 0 aromatic heterocycles. The van der Waals surface area contributed by atoms with Crippen LogP contribution in [0.1, 0.15) is 24.0 Å². The highest BCUT2D eigenvalue weighted by Crippen LogP contribution is 2.13. The van der Waals surface area contributed by atoms with Gasteiger partial charge >= 0.3 is 0 Å². The second-order valence-corrected chi connectivity index (χ2v) is 4.42. The van der Waals surface area contributed by atoms with Crippen LogP contribution in [0.2, 0.25) is 0 Å². The molecule has 0 atom stereocenters. The van der Waals surface area contributed by atoms with Gasteiger partial charge in [-0.1, -0.05) is 12.1 Å². The van der Waals surface area contributed by atoms with Crippen LogP contribution in [0.25, 0.3) is 0 Å². The third kappa shape index (κ3) is 4.83. The van der Waals surface area contributed by atoms with Gasteiger partial charge in [-0.2, -0.15) is 5.26 Å². The van der Waals surface area contributed by atoms with Gasteiger partial charge in [-0.05, 0) is 43.6 Å². The van der Waals surface area contributed by atoms with Crippen LogP contribution in [-0.2, 0) is 6.54 Å². The van der Waals surface area contributed by atoms with E-state index in [1.165, 1.54) is 5.56 Å². The molecule has 0 unspecified atom stereocenters. The lowest BCUT2D eigenvalue weighted by molar-refractivity contribution is 0.205. The molecule has 5 heteroatoms. The minimum Gasteiger partial charge on any atom is -0.328 e. The summed E-state index contributed by atoms with van der Waals surface area (Å²) in [5.41, 5.74) is 7.86. The van der Waals surface area contributed by atoms with E-state index < -0.39 is 0 Å². The Hall–Kier alpha value is -0.790. The SMILES string of the molecule is Cl.Cl.N#Cc1ccc(CN2CCC(N)CC2)cc1. The molecule has 0 saturated carbocycles. The first-order valence-electron chi connectivity index (χ1n) is 5.75. The van der Waals surface area contributed by atoms with Crippen molar-refractivity contribution in [3.8, 4) is 6.07 Å². The van der Waals surface area contributed by atoms with E-state index in [-0.39, 0.29) is 24.8 Å². The first-order chi connectivity index (χ1) is 7.78. The Bertz CT molecular complexity index is 378. The van der Waals surface area contributed by atoms with Crippen molar-refractivity contribution in [1.82, 2.24) is 4.90 Å². The number of piperidine rings is 1. The van der Waals surface area contributed by atoms with Gasteiger partial charge in [-0.25, -0.2) is 0 Å². The van der Waals surface area contributed by atoms with E-state index in [0.717, 1.165) is 38.0 Å². The second kappa shape index (κ2) is 8.34. The van der Waals surface area contributed by atoms with E-state index in [2.05, 4.69) is 11.0 Å². The van der Waals surface area contributed by atoms with Crippen molar-refractivity contribution in [2.45, 2.75) is 25.4 Å². The Morgan fingerprint density at radius 2 is 1.72 bits per heavy atom. The molecule has 2 rings (SSSR count). The van der Waals surface area contributed by atoms with E-state index in [0.29, 0.717) is 6.04 Å². The molecular formula is C13H19Cl2N3. The van der Waals surface area contributed by atoms with Gasteiger partial charge in [0.2, 0.25) is 0 Å². The van der Waals surface area contributed by atoms with Crippen LogP contribution >= 0.6 is 24.8 Å². The molecule has 3 nitrogen and oxygen atoms in total. The fourth-order valence-corrected chi connectivity index (χ4v) is 2.05. The zero-order chi connectivity index (χ0) is 11.4. The molecule has 1 aliphatic rings. The number of nitrogens with zero attached hydrogens (tertiary/aromatic N) is 2. The summed E-state index contributed by atoms with van der Waals surface area (Å²) >= 11 is 0. The van der Waals surface area contributed by atoms with Gasteiger partial charge in [0.15, 0.2) is 0 Å². The average Bonchev–Trinajstić information content (AvgIpc) is 2.33. The summed E-state index contributed by atoms with van der Waals surface area (Å²) in [4.78, 5) is 2.42. The largest absolute Gasteiger partial charge is 0.328 e. The van der Waals surface area contributed by atoms with E-state index in [9.17, 15) is 0 Å². The first-order valence-corrected chi connectivity index (χ1v) is 5.75. The lowest BCUT2D eigenvalue weighted by atomic mass is 10.0. The molecule has 1 fully saturated rings. The van der Waals surface area contributed by atoms with Gasteiger partial charge in [0.25, 0.3) is 0 Å². The quantitative estimate of drug-likeness (QED) is 0.908. The first kappa shape index (κ1) is 17.2. The third-order valence-corrected chi connectivity index (χ3v) is 3.12. The number of hydrogen-bond acceptors (Lipinski definition) is 3. The monoisotopic (exact) mass is 287 g/mol. The maximum Gasteiger partial charge on any atom is 0.0991 e. The Morgan fingerprint density at radius 1 is 1.17 bits per heavy atom. The number of likely N-dealkylation sites (tertiary alicyclic amines) is 1. The van der Waals surface area contributed by atoms with Crippen molar-refractivity contribution in [2.24, 2.45) is 5.73 Å². The van der Waals surface area contributed by atoms with Crippen molar-refractivity contribution < 1.29 is 0 Å². The van der Waals surface area contributed by atoms with Gasteiger partial charge in [0.05, 0.1) is 11.6 Å². The predicted octanol–water partition coefficient (Wildman–Crippen LogP) is 2.32. The summed E-state index contributed by atoms with van der Waals surface area (Å²) in [7, 11) is 0. The zero-order valence-electron chi connectivity index (χ0n) is 10.2. The lowest BCUT2D eigenvalue weighted by Crippen LogP contribution is -2.39. The number of nitrogens with two attached hydrogens (primary N) is 1. The Kier molecular flexibility index (Phi) is 7.97. The standard InChI is InChI=1S/C13H17N3.2ClH/c14-9-11-1-3-12(4-2-11)10-16-7-5-13(15)6-8-16;;/h1-4,13H,5-8,10,15H2;2*1H. The van der Waals surface area contributed by atoms with Gasteiger partial charge in [0.1, 0.15) is 0 Å². The van der Waals surface area contributed by atoms with Crippen molar-refractivity contribution in [1.29, 1.82) is 5.26 Å². The number of hydrogen-bond donors (Lipinski definition) is 1. The van der Waals surface area contributed by atoms with Gasteiger partial charge < -0.3 is 5.73 Å². The molecule has 0 aliphatic carbocycles. The summed E-state index contributed by atoms with van der Waals surface area (Å²) in [6, 6.07) is 10.3. The van der Waals surface area contributed by atoms with Gasteiger partial charge in [-0.3, -0.25) is 4.90 Å². The number of rotatable bonds is 2. The van der Waals surface area contributed by atoms with Crippen LogP contribution in [0.3, 0.4) is 0 Å². The third-order valence-electron chi connectivity index (χ3n) is 3.12. The van der Waals surface area contributed by atoms with Crippen molar-refractivity contribution in [3.63, 3.8) is 0 Å². The molecule has 0 radical (unpaired) electrons. The topological polar surface area (TPSA) is 53.0 Å². The number of halogens is 2. The minimum atomic E-state index is 0. The summed E-state index contributed by atoms with van der Waals surface area (Å²) < 4.78 is 0. The molecular weight excluding hydrogens is 269 g/mol. The van der Waals surface area contributed by atoms with Crippen molar-refractivity contribution in [3.05, 3.63) is 35.4 Å². The molecule has 0 amide bonds. The fraction of sp³-hybridized carbons (Fsp3) is 0.462. The lowest BCUT2D eigenvalue weighted by Gasteiger charge is -2.30. The normalized spacial score (nSPS) is 16.2. The molecule has 0 bridgehead atoms. The van der Waals surface area contributed by atoms with E-state index in [1.54, 1.807) is 0 Å². The molecule has 100 valence electrons. The minimum absolute atomic E-state index is 0. The van der Waals surface area contributed by atoms with Crippen LogP contribution < -0.4 is 5.73 Å². The highest BCUT2D eigenvalue weighted by molar-refractivity contribution is 5.85. The van der Waals surface area contributed by atoms with E-state index in [1.807, 2.05) is 24.3 Å². The van der Waals surface area contributed by atoms with Gasteiger partial charge in [0, 0.05) is 12.6 Å². The van der Waals surface area contributed by atoms with Crippen LogP contribution in [-0.4, -0.2) is 24.0 Å². The zero-order valence-corrected chi connectivity index (χ0v) is 11.8. The summed E-state index contributed by atoms with van der Waals surface area (Å²) in [6.07, 6.45) is 2.19. The van der Waals surface area contributed by atoms with Crippen LogP contribution in [0, 0.1) is 11.3 Å². The summed E-state index contributed by atoms with van der Waals surface area (Å²) in [6.45, 7) is 3.14. The molecule has 1 heterocycles.